The molecule has 0 aliphatic carbocycles. The fourth-order valence-corrected chi connectivity index (χ4v) is 3.05. The van der Waals surface area contributed by atoms with Gasteiger partial charge < -0.3 is 5.73 Å². The number of hydrogen-bond acceptors (Lipinski definition) is 3. The Morgan fingerprint density at radius 2 is 1.95 bits per heavy atom. The second-order valence-corrected chi connectivity index (χ2v) is 7.30. The molecule has 8 heteroatoms. The van der Waals surface area contributed by atoms with Crippen LogP contribution in [0, 0.1) is 0 Å². The molecule has 0 saturated heterocycles. The maximum Gasteiger partial charge on any atom is 0.299 e. The molecule has 0 aromatic heterocycles. The third-order valence-electron chi connectivity index (χ3n) is 1.93. The third-order valence-corrected chi connectivity index (χ3v) is 3.76. The second-order valence-electron chi connectivity index (χ2n) is 5.01. The van der Waals surface area contributed by atoms with Crippen LogP contribution in [-0.4, -0.2) is 18.9 Å². The first-order valence-corrected chi connectivity index (χ1v) is 7.68. The number of halogens is 1. The summed E-state index contributed by atoms with van der Waals surface area (Å²) in [4.78, 5) is 0.0881. The van der Waals surface area contributed by atoms with Gasteiger partial charge in [0.1, 0.15) is 4.99 Å². The normalized spacial score (nSPS) is 12.2. The van der Waals surface area contributed by atoms with Crippen molar-refractivity contribution in [2.24, 2.45) is 5.73 Å². The summed E-state index contributed by atoms with van der Waals surface area (Å²) in [5, 5.41) is 0.383. The van der Waals surface area contributed by atoms with Crippen molar-refractivity contribution < 1.29 is 8.42 Å². The van der Waals surface area contributed by atoms with Gasteiger partial charge >= 0.3 is 0 Å². The summed E-state index contributed by atoms with van der Waals surface area (Å²) < 4.78 is 28.7. The smallest absolute Gasteiger partial charge is 0.299 e. The minimum Gasteiger partial charge on any atom is -0.389 e. The fraction of sp³-hybridized carbons (Fsp3) is 0.364. The van der Waals surface area contributed by atoms with E-state index in [0.717, 1.165) is 0 Å². The molecule has 0 fully saturated rings. The molecule has 0 radical (unpaired) electrons. The number of nitrogens with two attached hydrogens (primary N) is 1. The van der Waals surface area contributed by atoms with Gasteiger partial charge in [0.15, 0.2) is 0 Å². The lowest BCUT2D eigenvalue weighted by molar-refractivity contribution is 0.494. The summed E-state index contributed by atoms with van der Waals surface area (Å²) in [5.74, 6) is 0. The van der Waals surface area contributed by atoms with Gasteiger partial charge in [-0.2, -0.15) is 13.1 Å². The third kappa shape index (κ3) is 5.32. The molecule has 0 atom stereocenters. The van der Waals surface area contributed by atoms with Crippen LogP contribution in [0.2, 0.25) is 5.02 Å². The quantitative estimate of drug-likeness (QED) is 0.741. The van der Waals surface area contributed by atoms with Gasteiger partial charge in [-0.15, -0.1) is 0 Å². The van der Waals surface area contributed by atoms with E-state index in [-0.39, 0.29) is 10.7 Å². The lowest BCUT2D eigenvalue weighted by Gasteiger charge is -2.21. The van der Waals surface area contributed by atoms with Crippen molar-refractivity contribution in [3.63, 3.8) is 0 Å². The number of thiocarbonyl (C=S) groups is 1. The predicted octanol–water partition coefficient (Wildman–Crippen LogP) is 2.02. The van der Waals surface area contributed by atoms with E-state index < -0.39 is 15.7 Å². The minimum atomic E-state index is -3.74. The highest BCUT2D eigenvalue weighted by molar-refractivity contribution is 7.90. The number of rotatable bonds is 4. The van der Waals surface area contributed by atoms with Gasteiger partial charge in [-0.3, -0.25) is 4.72 Å². The molecule has 0 aliphatic rings. The number of anilines is 1. The van der Waals surface area contributed by atoms with Crippen LogP contribution in [0.4, 0.5) is 5.69 Å². The fourth-order valence-electron chi connectivity index (χ4n) is 1.39. The highest BCUT2D eigenvalue weighted by Crippen LogP contribution is 2.22. The largest absolute Gasteiger partial charge is 0.389 e. The van der Waals surface area contributed by atoms with Crippen LogP contribution >= 0.6 is 23.8 Å². The molecular weight excluding hydrogens is 306 g/mol. The summed E-state index contributed by atoms with van der Waals surface area (Å²) in [6.45, 7) is 5.20. The van der Waals surface area contributed by atoms with Gasteiger partial charge in [0.2, 0.25) is 0 Å². The lowest BCUT2D eigenvalue weighted by Crippen LogP contribution is -2.43. The molecule has 0 aliphatic heterocycles. The van der Waals surface area contributed by atoms with Crippen LogP contribution < -0.4 is 15.2 Å². The Morgan fingerprint density at radius 1 is 1.37 bits per heavy atom. The SMILES string of the molecule is CC(C)(C)NS(=O)(=O)Nc1cc(Cl)ccc1C(N)=S. The van der Waals surface area contributed by atoms with Crippen molar-refractivity contribution in [2.75, 3.05) is 4.72 Å². The molecule has 0 unspecified atom stereocenters. The molecule has 0 amide bonds. The Balaban J connectivity index is 3.12. The van der Waals surface area contributed by atoms with Gasteiger partial charge in [-0.05, 0) is 39.0 Å². The number of hydrogen-bond donors (Lipinski definition) is 3. The minimum absolute atomic E-state index is 0.0881. The molecule has 0 heterocycles. The van der Waals surface area contributed by atoms with Crippen molar-refractivity contribution in [1.82, 2.24) is 4.72 Å². The molecule has 5 nitrogen and oxygen atoms in total. The maximum atomic E-state index is 12.0. The molecule has 1 rings (SSSR count). The molecule has 19 heavy (non-hydrogen) atoms. The van der Waals surface area contributed by atoms with Crippen molar-refractivity contribution in [3.8, 4) is 0 Å². The van der Waals surface area contributed by atoms with Crippen LogP contribution in [0.1, 0.15) is 26.3 Å². The van der Waals surface area contributed by atoms with Crippen molar-refractivity contribution >= 4 is 44.7 Å². The van der Waals surface area contributed by atoms with E-state index in [1.807, 2.05) is 0 Å². The highest BCUT2D eigenvalue weighted by atomic mass is 35.5. The monoisotopic (exact) mass is 321 g/mol. The Labute approximate surface area is 123 Å². The molecule has 106 valence electrons. The maximum absolute atomic E-state index is 12.0. The van der Waals surface area contributed by atoms with Crippen molar-refractivity contribution in [1.29, 1.82) is 0 Å². The molecule has 0 bridgehead atoms. The summed E-state index contributed by atoms with van der Waals surface area (Å²) in [5.41, 5.74) is 5.60. The van der Waals surface area contributed by atoms with Crippen LogP contribution in [0.15, 0.2) is 18.2 Å². The zero-order valence-corrected chi connectivity index (χ0v) is 13.2. The van der Waals surface area contributed by atoms with Crippen LogP contribution in [0.3, 0.4) is 0 Å². The van der Waals surface area contributed by atoms with E-state index in [0.29, 0.717) is 10.6 Å². The van der Waals surface area contributed by atoms with Gasteiger partial charge in [0, 0.05) is 16.1 Å². The molecule has 0 saturated carbocycles. The topological polar surface area (TPSA) is 84.2 Å². The first-order chi connectivity index (χ1) is 8.50. The van der Waals surface area contributed by atoms with E-state index in [1.165, 1.54) is 6.07 Å². The summed E-state index contributed by atoms with van der Waals surface area (Å²) >= 11 is 10.7. The van der Waals surface area contributed by atoms with Gasteiger partial charge in [0.25, 0.3) is 10.2 Å². The molecular formula is C11H16ClN3O2S2. The van der Waals surface area contributed by atoms with E-state index in [4.69, 9.17) is 29.6 Å². The van der Waals surface area contributed by atoms with E-state index >= 15 is 0 Å². The second kappa shape index (κ2) is 5.62. The average molecular weight is 322 g/mol. The first-order valence-electron chi connectivity index (χ1n) is 5.41. The van der Waals surface area contributed by atoms with Crippen LogP contribution in [-0.2, 0) is 10.2 Å². The van der Waals surface area contributed by atoms with Gasteiger partial charge in [-0.25, -0.2) is 0 Å². The molecule has 1 aromatic rings. The van der Waals surface area contributed by atoms with Gasteiger partial charge in [-0.1, -0.05) is 23.8 Å². The Kier molecular flexibility index (Phi) is 4.78. The Hall–Kier alpha value is -0.890. The lowest BCUT2D eigenvalue weighted by atomic mass is 10.1. The Bertz CT molecular complexity index is 594. The molecule has 0 spiro atoms. The highest BCUT2D eigenvalue weighted by Gasteiger charge is 2.21. The van der Waals surface area contributed by atoms with E-state index in [1.54, 1.807) is 32.9 Å². The van der Waals surface area contributed by atoms with Crippen LogP contribution in [0.5, 0.6) is 0 Å². The zero-order chi connectivity index (χ0) is 14.8. The Morgan fingerprint density at radius 3 is 2.42 bits per heavy atom. The van der Waals surface area contributed by atoms with E-state index in [9.17, 15) is 8.42 Å². The summed E-state index contributed by atoms with van der Waals surface area (Å²) in [6.07, 6.45) is 0. The standard InChI is InChI=1S/C11H16ClN3O2S2/c1-11(2,3)15-19(16,17)14-9-6-7(12)4-5-8(9)10(13)18/h4-6,14-15H,1-3H3,(H2,13,18). The van der Waals surface area contributed by atoms with Crippen LogP contribution in [0.25, 0.3) is 0 Å². The number of benzene rings is 1. The predicted molar refractivity (Wildman–Crippen MR) is 82.8 cm³/mol. The zero-order valence-electron chi connectivity index (χ0n) is 10.8. The summed E-state index contributed by atoms with van der Waals surface area (Å²) in [6, 6.07) is 4.61. The average Bonchev–Trinajstić information content (AvgIpc) is 2.11. The first kappa shape index (κ1) is 16.2. The number of nitrogens with one attached hydrogen (secondary N) is 2. The van der Waals surface area contributed by atoms with E-state index in [2.05, 4.69) is 9.44 Å². The molecule has 1 aromatic carbocycles. The molecule has 4 N–H and O–H groups in total. The van der Waals surface area contributed by atoms with Gasteiger partial charge in [0.05, 0.1) is 5.69 Å². The summed E-state index contributed by atoms with van der Waals surface area (Å²) in [7, 11) is -3.74. The van der Waals surface area contributed by atoms with Crippen molar-refractivity contribution in [3.05, 3.63) is 28.8 Å². The van der Waals surface area contributed by atoms with Crippen molar-refractivity contribution in [2.45, 2.75) is 26.3 Å².